The van der Waals surface area contributed by atoms with Gasteiger partial charge in [0.1, 0.15) is 11.9 Å². The topological polar surface area (TPSA) is 60.7 Å². The highest BCUT2D eigenvalue weighted by molar-refractivity contribution is 5.64. The molecule has 19 heavy (non-hydrogen) atoms. The van der Waals surface area contributed by atoms with Crippen LogP contribution in [0.3, 0.4) is 0 Å². The molecule has 1 aromatic heterocycles. The molecule has 0 aliphatic carbocycles. The van der Waals surface area contributed by atoms with Gasteiger partial charge < -0.3 is 10.6 Å². The summed E-state index contributed by atoms with van der Waals surface area (Å²) in [6, 6.07) is 11.9. The van der Waals surface area contributed by atoms with Gasteiger partial charge in [-0.3, -0.25) is 0 Å². The third-order valence-corrected chi connectivity index (χ3v) is 3.21. The molecule has 0 radical (unpaired) electrons. The Labute approximate surface area is 112 Å². The van der Waals surface area contributed by atoms with E-state index in [1.807, 2.05) is 12.1 Å². The lowest BCUT2D eigenvalue weighted by molar-refractivity contribution is 0.830. The monoisotopic (exact) mass is 250 g/mol. The van der Waals surface area contributed by atoms with Crippen LogP contribution in [0.15, 0.2) is 36.5 Å². The first-order valence-corrected chi connectivity index (χ1v) is 6.35. The lowest BCUT2D eigenvalue weighted by Crippen LogP contribution is -2.11. The summed E-state index contributed by atoms with van der Waals surface area (Å²) in [5.41, 5.74) is 4.16. The van der Waals surface area contributed by atoms with E-state index in [1.165, 1.54) is 17.7 Å². The maximum absolute atomic E-state index is 8.73. The van der Waals surface area contributed by atoms with Crippen LogP contribution in [0.25, 0.3) is 0 Å². The van der Waals surface area contributed by atoms with Crippen molar-refractivity contribution in [1.29, 1.82) is 5.26 Å². The molecule has 0 unspecified atom stereocenters. The van der Waals surface area contributed by atoms with Crippen molar-refractivity contribution >= 4 is 17.2 Å². The SMILES string of the molecule is N#Cc1ccc(Nc2ccc3c(c2)CCCN3)nc1. The van der Waals surface area contributed by atoms with Crippen LogP contribution in [0.4, 0.5) is 17.2 Å². The summed E-state index contributed by atoms with van der Waals surface area (Å²) < 4.78 is 0. The molecule has 0 spiro atoms. The minimum absolute atomic E-state index is 0.570. The standard InChI is InChI=1S/C15H14N4/c16-9-11-3-6-15(18-10-11)19-13-4-5-14-12(8-13)2-1-7-17-14/h3-6,8,10,17H,1-2,7H2,(H,18,19). The molecule has 0 saturated heterocycles. The number of aromatic nitrogens is 1. The molecule has 4 nitrogen and oxygen atoms in total. The predicted molar refractivity (Wildman–Crippen MR) is 75.5 cm³/mol. The number of pyridine rings is 1. The minimum Gasteiger partial charge on any atom is -0.385 e. The molecule has 1 aromatic carbocycles. The van der Waals surface area contributed by atoms with Gasteiger partial charge in [0.2, 0.25) is 0 Å². The van der Waals surface area contributed by atoms with Crippen molar-refractivity contribution in [2.24, 2.45) is 0 Å². The summed E-state index contributed by atoms with van der Waals surface area (Å²) in [6.07, 6.45) is 3.85. The molecular formula is C15H14N4. The summed E-state index contributed by atoms with van der Waals surface area (Å²) in [6.45, 7) is 1.05. The zero-order chi connectivity index (χ0) is 13.1. The van der Waals surface area contributed by atoms with Gasteiger partial charge in [-0.15, -0.1) is 0 Å². The van der Waals surface area contributed by atoms with E-state index in [9.17, 15) is 0 Å². The van der Waals surface area contributed by atoms with Gasteiger partial charge in [-0.1, -0.05) is 0 Å². The molecule has 94 valence electrons. The zero-order valence-electron chi connectivity index (χ0n) is 10.5. The van der Waals surface area contributed by atoms with Gasteiger partial charge in [0.15, 0.2) is 0 Å². The molecule has 0 saturated carbocycles. The Morgan fingerprint density at radius 1 is 1.26 bits per heavy atom. The molecule has 3 rings (SSSR count). The van der Waals surface area contributed by atoms with Gasteiger partial charge in [-0.05, 0) is 48.7 Å². The minimum atomic E-state index is 0.570. The second-order valence-corrected chi connectivity index (χ2v) is 4.57. The average molecular weight is 250 g/mol. The molecule has 0 atom stereocenters. The van der Waals surface area contributed by atoms with Crippen molar-refractivity contribution in [3.63, 3.8) is 0 Å². The maximum atomic E-state index is 8.73. The number of anilines is 3. The number of rotatable bonds is 2. The van der Waals surface area contributed by atoms with E-state index >= 15 is 0 Å². The van der Waals surface area contributed by atoms with Gasteiger partial charge >= 0.3 is 0 Å². The number of nitriles is 1. The van der Waals surface area contributed by atoms with Crippen LogP contribution >= 0.6 is 0 Å². The molecule has 2 N–H and O–H groups in total. The summed E-state index contributed by atoms with van der Waals surface area (Å²) >= 11 is 0. The zero-order valence-corrected chi connectivity index (χ0v) is 10.5. The smallest absolute Gasteiger partial charge is 0.130 e. The number of aryl methyl sites for hydroxylation is 1. The van der Waals surface area contributed by atoms with Crippen LogP contribution in [-0.2, 0) is 6.42 Å². The van der Waals surface area contributed by atoms with E-state index in [0.717, 1.165) is 24.5 Å². The largest absolute Gasteiger partial charge is 0.385 e. The second-order valence-electron chi connectivity index (χ2n) is 4.57. The van der Waals surface area contributed by atoms with Crippen molar-refractivity contribution in [3.8, 4) is 6.07 Å². The van der Waals surface area contributed by atoms with Crippen LogP contribution in [0.1, 0.15) is 17.5 Å². The Morgan fingerprint density at radius 3 is 3.00 bits per heavy atom. The van der Waals surface area contributed by atoms with Gasteiger partial charge in [-0.25, -0.2) is 4.98 Å². The number of fused-ring (bicyclic) bond motifs is 1. The van der Waals surface area contributed by atoms with Gasteiger partial charge in [0, 0.05) is 24.1 Å². The fraction of sp³-hybridized carbons (Fsp3) is 0.200. The Balaban J connectivity index is 1.81. The third-order valence-electron chi connectivity index (χ3n) is 3.21. The van der Waals surface area contributed by atoms with E-state index in [1.54, 1.807) is 12.3 Å². The summed E-state index contributed by atoms with van der Waals surface area (Å²) in [4.78, 5) is 4.21. The number of hydrogen-bond donors (Lipinski definition) is 2. The van der Waals surface area contributed by atoms with Crippen LogP contribution in [-0.4, -0.2) is 11.5 Å². The molecule has 0 amide bonds. The predicted octanol–water partition coefficient (Wildman–Crippen LogP) is 3.05. The Kier molecular flexibility index (Phi) is 3.03. The molecule has 2 heterocycles. The first-order valence-electron chi connectivity index (χ1n) is 6.35. The molecule has 1 aliphatic heterocycles. The maximum Gasteiger partial charge on any atom is 0.130 e. The van der Waals surface area contributed by atoms with Gasteiger partial charge in [0.05, 0.1) is 5.56 Å². The molecule has 2 aromatic rings. The van der Waals surface area contributed by atoms with Crippen molar-refractivity contribution in [1.82, 2.24) is 4.98 Å². The fourth-order valence-electron chi connectivity index (χ4n) is 2.23. The third kappa shape index (κ3) is 2.50. The summed E-state index contributed by atoms with van der Waals surface area (Å²) in [5, 5.41) is 15.4. The molecule has 4 heteroatoms. The number of hydrogen-bond acceptors (Lipinski definition) is 4. The molecule has 1 aliphatic rings. The molecule has 0 bridgehead atoms. The van der Waals surface area contributed by atoms with Crippen molar-refractivity contribution in [3.05, 3.63) is 47.7 Å². The Hall–Kier alpha value is -2.54. The first-order chi connectivity index (χ1) is 9.35. The number of nitrogens with one attached hydrogen (secondary N) is 2. The van der Waals surface area contributed by atoms with Crippen molar-refractivity contribution in [2.75, 3.05) is 17.2 Å². The first kappa shape index (κ1) is 11.5. The highest BCUT2D eigenvalue weighted by Gasteiger charge is 2.08. The van der Waals surface area contributed by atoms with Gasteiger partial charge in [-0.2, -0.15) is 5.26 Å². The summed E-state index contributed by atoms with van der Waals surface area (Å²) in [5.74, 6) is 0.753. The molecule has 0 fully saturated rings. The van der Waals surface area contributed by atoms with Crippen LogP contribution in [0, 0.1) is 11.3 Å². The van der Waals surface area contributed by atoms with E-state index < -0.39 is 0 Å². The number of nitrogens with zero attached hydrogens (tertiary/aromatic N) is 2. The van der Waals surface area contributed by atoms with Crippen LogP contribution in [0.2, 0.25) is 0 Å². The summed E-state index contributed by atoms with van der Waals surface area (Å²) in [7, 11) is 0. The highest BCUT2D eigenvalue weighted by Crippen LogP contribution is 2.26. The van der Waals surface area contributed by atoms with E-state index in [0.29, 0.717) is 5.56 Å². The fourth-order valence-corrected chi connectivity index (χ4v) is 2.23. The van der Waals surface area contributed by atoms with E-state index in [-0.39, 0.29) is 0 Å². The lowest BCUT2D eigenvalue weighted by atomic mass is 10.0. The quantitative estimate of drug-likeness (QED) is 0.860. The Morgan fingerprint density at radius 2 is 2.21 bits per heavy atom. The highest BCUT2D eigenvalue weighted by atomic mass is 15.0. The van der Waals surface area contributed by atoms with E-state index in [4.69, 9.17) is 5.26 Å². The molecular weight excluding hydrogens is 236 g/mol. The van der Waals surface area contributed by atoms with Crippen molar-refractivity contribution < 1.29 is 0 Å². The van der Waals surface area contributed by atoms with Crippen molar-refractivity contribution in [2.45, 2.75) is 12.8 Å². The average Bonchev–Trinajstić information content (AvgIpc) is 2.48. The lowest BCUT2D eigenvalue weighted by Gasteiger charge is -2.18. The second kappa shape index (κ2) is 4.99. The Bertz CT molecular complexity index is 626. The number of benzene rings is 1. The van der Waals surface area contributed by atoms with E-state index in [2.05, 4.69) is 33.8 Å². The van der Waals surface area contributed by atoms with Crippen LogP contribution < -0.4 is 10.6 Å². The normalized spacial score (nSPS) is 13.0. The van der Waals surface area contributed by atoms with Gasteiger partial charge in [0.25, 0.3) is 0 Å². The van der Waals surface area contributed by atoms with Crippen LogP contribution in [0.5, 0.6) is 0 Å².